The Morgan fingerprint density at radius 2 is 2.16 bits per heavy atom. The van der Waals surface area contributed by atoms with Gasteiger partial charge in [0.2, 0.25) is 5.91 Å². The number of amides is 1. The van der Waals surface area contributed by atoms with Crippen LogP contribution in [0.3, 0.4) is 0 Å². The maximum absolute atomic E-state index is 11.6. The standard InChI is InChI=1S/C15H19N3O/c1-12-15(19)17-9-10-18(12)11-14-6-4-13(5-7-14)3-2-8-16/h4-7,12H,8-11,16H2,1H3,(H,17,19). The SMILES string of the molecule is CC1C(=O)NCCN1Cc1ccc(C#CCN)cc1. The quantitative estimate of drug-likeness (QED) is 0.750. The molecule has 1 heterocycles. The van der Waals surface area contributed by atoms with Crippen molar-refractivity contribution in [3.8, 4) is 11.8 Å². The fourth-order valence-corrected chi connectivity index (χ4v) is 2.13. The van der Waals surface area contributed by atoms with Gasteiger partial charge in [-0.1, -0.05) is 24.0 Å². The van der Waals surface area contributed by atoms with E-state index in [9.17, 15) is 4.79 Å². The molecule has 1 fully saturated rings. The van der Waals surface area contributed by atoms with Crippen molar-refractivity contribution in [1.29, 1.82) is 0 Å². The first kappa shape index (κ1) is 13.6. The number of carbonyl (C=O) groups excluding carboxylic acids is 1. The summed E-state index contributed by atoms with van der Waals surface area (Å²) in [5.41, 5.74) is 7.51. The summed E-state index contributed by atoms with van der Waals surface area (Å²) in [6.07, 6.45) is 0. The number of nitrogens with one attached hydrogen (secondary N) is 1. The van der Waals surface area contributed by atoms with Gasteiger partial charge in [-0.05, 0) is 24.6 Å². The smallest absolute Gasteiger partial charge is 0.237 e. The van der Waals surface area contributed by atoms with Crippen molar-refractivity contribution in [3.63, 3.8) is 0 Å². The van der Waals surface area contributed by atoms with E-state index in [-0.39, 0.29) is 11.9 Å². The van der Waals surface area contributed by atoms with Crippen LogP contribution in [0.2, 0.25) is 0 Å². The molecule has 0 bridgehead atoms. The third-order valence-corrected chi connectivity index (χ3v) is 3.30. The molecule has 3 N–H and O–H groups in total. The van der Waals surface area contributed by atoms with E-state index in [1.165, 1.54) is 5.56 Å². The number of piperazine rings is 1. The summed E-state index contributed by atoms with van der Waals surface area (Å²) in [5.74, 6) is 5.94. The summed E-state index contributed by atoms with van der Waals surface area (Å²) in [6.45, 7) is 4.72. The molecule has 4 nitrogen and oxygen atoms in total. The van der Waals surface area contributed by atoms with Crippen molar-refractivity contribution >= 4 is 5.91 Å². The number of hydrogen-bond donors (Lipinski definition) is 2. The molecule has 1 unspecified atom stereocenters. The molecule has 1 amide bonds. The second-order valence-electron chi connectivity index (χ2n) is 4.64. The third kappa shape index (κ3) is 3.57. The number of hydrogen-bond acceptors (Lipinski definition) is 3. The summed E-state index contributed by atoms with van der Waals surface area (Å²) >= 11 is 0. The lowest BCUT2D eigenvalue weighted by Gasteiger charge is -2.32. The van der Waals surface area contributed by atoms with E-state index in [2.05, 4.69) is 34.2 Å². The predicted molar refractivity (Wildman–Crippen MR) is 75.3 cm³/mol. The maximum atomic E-state index is 11.6. The van der Waals surface area contributed by atoms with E-state index in [4.69, 9.17) is 5.73 Å². The van der Waals surface area contributed by atoms with Crippen LogP contribution < -0.4 is 11.1 Å². The highest BCUT2D eigenvalue weighted by Gasteiger charge is 2.24. The van der Waals surface area contributed by atoms with Crippen molar-refractivity contribution in [2.24, 2.45) is 5.73 Å². The van der Waals surface area contributed by atoms with Gasteiger partial charge in [0.1, 0.15) is 0 Å². The second-order valence-corrected chi connectivity index (χ2v) is 4.64. The molecule has 1 atom stereocenters. The Hall–Kier alpha value is -1.83. The maximum Gasteiger partial charge on any atom is 0.237 e. The van der Waals surface area contributed by atoms with Crippen LogP contribution in [-0.4, -0.2) is 36.5 Å². The topological polar surface area (TPSA) is 58.4 Å². The largest absolute Gasteiger partial charge is 0.353 e. The molecule has 0 saturated carbocycles. The summed E-state index contributed by atoms with van der Waals surface area (Å²) < 4.78 is 0. The van der Waals surface area contributed by atoms with Crippen molar-refractivity contribution in [2.75, 3.05) is 19.6 Å². The molecule has 19 heavy (non-hydrogen) atoms. The van der Waals surface area contributed by atoms with Crippen LogP contribution in [0.5, 0.6) is 0 Å². The highest BCUT2D eigenvalue weighted by molar-refractivity contribution is 5.81. The predicted octanol–water partition coefficient (Wildman–Crippen LogP) is 0.317. The van der Waals surface area contributed by atoms with Crippen LogP contribution >= 0.6 is 0 Å². The molecule has 2 rings (SSSR count). The van der Waals surface area contributed by atoms with E-state index in [1.807, 2.05) is 19.1 Å². The summed E-state index contributed by atoms with van der Waals surface area (Å²) in [5, 5.41) is 2.87. The van der Waals surface area contributed by atoms with E-state index >= 15 is 0 Å². The number of carbonyl (C=O) groups is 1. The minimum atomic E-state index is -0.0644. The van der Waals surface area contributed by atoms with E-state index in [1.54, 1.807) is 0 Å². The third-order valence-electron chi connectivity index (χ3n) is 3.30. The zero-order chi connectivity index (χ0) is 13.7. The first-order valence-electron chi connectivity index (χ1n) is 6.50. The molecule has 0 aliphatic carbocycles. The van der Waals surface area contributed by atoms with Crippen molar-refractivity contribution in [3.05, 3.63) is 35.4 Å². The van der Waals surface area contributed by atoms with Crippen LogP contribution in [0.4, 0.5) is 0 Å². The Labute approximate surface area is 114 Å². The molecule has 1 aromatic rings. The lowest BCUT2D eigenvalue weighted by molar-refractivity contribution is -0.128. The summed E-state index contributed by atoms with van der Waals surface area (Å²) in [6, 6.07) is 8.03. The minimum absolute atomic E-state index is 0.0644. The lowest BCUT2D eigenvalue weighted by Crippen LogP contribution is -2.53. The Balaban J connectivity index is 2.01. The number of rotatable bonds is 2. The van der Waals surface area contributed by atoms with Crippen molar-refractivity contribution in [2.45, 2.75) is 19.5 Å². The average Bonchev–Trinajstić information content (AvgIpc) is 2.43. The number of benzene rings is 1. The van der Waals surface area contributed by atoms with Gasteiger partial charge in [0.25, 0.3) is 0 Å². The van der Waals surface area contributed by atoms with E-state index in [0.717, 1.165) is 25.2 Å². The number of nitrogens with two attached hydrogens (primary N) is 1. The monoisotopic (exact) mass is 257 g/mol. The zero-order valence-corrected chi connectivity index (χ0v) is 11.1. The van der Waals surface area contributed by atoms with Gasteiger partial charge >= 0.3 is 0 Å². The summed E-state index contributed by atoms with van der Waals surface area (Å²) in [4.78, 5) is 13.8. The fourth-order valence-electron chi connectivity index (χ4n) is 2.13. The Morgan fingerprint density at radius 3 is 2.84 bits per heavy atom. The fraction of sp³-hybridized carbons (Fsp3) is 0.400. The van der Waals surface area contributed by atoms with E-state index < -0.39 is 0 Å². The molecule has 1 aliphatic heterocycles. The van der Waals surface area contributed by atoms with Gasteiger partial charge in [0.05, 0.1) is 12.6 Å². The first-order chi connectivity index (χ1) is 9.20. The van der Waals surface area contributed by atoms with Crippen LogP contribution in [0.15, 0.2) is 24.3 Å². The molecular weight excluding hydrogens is 238 g/mol. The molecule has 0 spiro atoms. The van der Waals surface area contributed by atoms with Gasteiger partial charge in [0, 0.05) is 25.2 Å². The van der Waals surface area contributed by atoms with Crippen LogP contribution in [0.1, 0.15) is 18.1 Å². The average molecular weight is 257 g/mol. The normalized spacial score (nSPS) is 19.5. The lowest BCUT2D eigenvalue weighted by atomic mass is 10.1. The first-order valence-corrected chi connectivity index (χ1v) is 6.50. The van der Waals surface area contributed by atoms with Crippen LogP contribution in [0, 0.1) is 11.8 Å². The Kier molecular flexibility index (Phi) is 4.56. The molecule has 1 aliphatic rings. The van der Waals surface area contributed by atoms with Gasteiger partial charge in [-0.25, -0.2) is 0 Å². The Morgan fingerprint density at radius 1 is 1.42 bits per heavy atom. The number of nitrogens with zero attached hydrogens (tertiary/aromatic N) is 1. The molecule has 1 aromatic carbocycles. The summed E-state index contributed by atoms with van der Waals surface area (Å²) in [7, 11) is 0. The molecule has 1 saturated heterocycles. The Bertz CT molecular complexity index is 498. The second kappa shape index (κ2) is 6.37. The van der Waals surface area contributed by atoms with Crippen molar-refractivity contribution in [1.82, 2.24) is 10.2 Å². The highest BCUT2D eigenvalue weighted by Crippen LogP contribution is 2.11. The molecule has 0 aromatic heterocycles. The van der Waals surface area contributed by atoms with Gasteiger partial charge < -0.3 is 11.1 Å². The van der Waals surface area contributed by atoms with Gasteiger partial charge in [-0.2, -0.15) is 0 Å². The van der Waals surface area contributed by atoms with Crippen molar-refractivity contribution < 1.29 is 4.79 Å². The van der Waals surface area contributed by atoms with Crippen LogP contribution in [0.25, 0.3) is 0 Å². The van der Waals surface area contributed by atoms with Gasteiger partial charge in [0.15, 0.2) is 0 Å². The van der Waals surface area contributed by atoms with Gasteiger partial charge in [-0.3, -0.25) is 9.69 Å². The highest BCUT2D eigenvalue weighted by atomic mass is 16.2. The zero-order valence-electron chi connectivity index (χ0n) is 11.1. The molecule has 100 valence electrons. The molecule has 4 heteroatoms. The van der Waals surface area contributed by atoms with E-state index in [0.29, 0.717) is 6.54 Å². The van der Waals surface area contributed by atoms with Crippen LogP contribution in [-0.2, 0) is 11.3 Å². The molecular formula is C15H19N3O. The minimum Gasteiger partial charge on any atom is -0.353 e. The molecule has 0 radical (unpaired) electrons. The van der Waals surface area contributed by atoms with Gasteiger partial charge in [-0.15, -0.1) is 0 Å².